The summed E-state index contributed by atoms with van der Waals surface area (Å²) in [5, 5.41) is 9.43. The number of aromatic nitrogens is 2. The smallest absolute Gasteiger partial charge is 0.284 e. The quantitative estimate of drug-likeness (QED) is 0.374. The van der Waals surface area contributed by atoms with Gasteiger partial charge in [0.25, 0.3) is 5.78 Å². The van der Waals surface area contributed by atoms with Gasteiger partial charge in [-0.15, -0.1) is 0 Å². The lowest BCUT2D eigenvalue weighted by Crippen LogP contribution is -2.36. The average molecular weight is 227 g/mol. The molecule has 84 valence electrons. The molecule has 4 nitrogen and oxygen atoms in total. The van der Waals surface area contributed by atoms with Crippen LogP contribution in [-0.2, 0) is 0 Å². The molecule has 0 fully saturated rings. The van der Waals surface area contributed by atoms with E-state index in [1.165, 1.54) is 12.3 Å². The number of pyridine rings is 2. The number of nitrogens with zero attached hydrogens (tertiary/aromatic N) is 2. The van der Waals surface area contributed by atoms with Crippen LogP contribution < -0.4 is 4.73 Å². The fraction of sp³-hybridized carbons (Fsp3) is 0. The van der Waals surface area contributed by atoms with Crippen molar-refractivity contribution in [1.29, 1.82) is 0 Å². The van der Waals surface area contributed by atoms with Crippen LogP contribution in [0.4, 0.5) is 0 Å². The molecule has 0 saturated heterocycles. The normalized spacial score (nSPS) is 10.6. The van der Waals surface area contributed by atoms with Crippen LogP contribution in [0, 0.1) is 0 Å². The van der Waals surface area contributed by atoms with Crippen LogP contribution in [0.5, 0.6) is 0 Å². The molecular formula is C13H11N2O2+. The van der Waals surface area contributed by atoms with E-state index in [0.29, 0.717) is 0 Å². The molecule has 2 aromatic rings. The number of ketones is 1. The molecule has 2 rings (SSSR count). The number of allylic oxidation sites excluding steroid dienone is 1. The first-order chi connectivity index (χ1) is 8.27. The van der Waals surface area contributed by atoms with Crippen LogP contribution in [-0.4, -0.2) is 16.0 Å². The fourth-order valence-corrected chi connectivity index (χ4v) is 1.36. The van der Waals surface area contributed by atoms with Crippen molar-refractivity contribution in [3.05, 3.63) is 66.3 Å². The summed E-state index contributed by atoms with van der Waals surface area (Å²) < 4.78 is 0.805. The molecule has 0 unspecified atom stereocenters. The monoisotopic (exact) mass is 227 g/mol. The standard InChI is InChI=1S/C13H11N2O2/c16-13(12-3-1-2-10-15(12)17)5-4-11-6-8-14-9-7-11/h1-10,17H/q+1. The second-order valence-electron chi connectivity index (χ2n) is 3.41. The van der Waals surface area contributed by atoms with E-state index in [1.54, 1.807) is 48.8 Å². The van der Waals surface area contributed by atoms with E-state index in [9.17, 15) is 10.0 Å². The van der Waals surface area contributed by atoms with E-state index in [2.05, 4.69) is 4.98 Å². The van der Waals surface area contributed by atoms with E-state index >= 15 is 0 Å². The Balaban J connectivity index is 2.18. The van der Waals surface area contributed by atoms with E-state index in [1.807, 2.05) is 0 Å². The third-order valence-electron chi connectivity index (χ3n) is 2.23. The Kier molecular flexibility index (Phi) is 3.25. The maximum atomic E-state index is 11.8. The molecule has 0 radical (unpaired) electrons. The summed E-state index contributed by atoms with van der Waals surface area (Å²) in [5.74, 6) is -0.259. The topological polar surface area (TPSA) is 54.1 Å². The van der Waals surface area contributed by atoms with Gasteiger partial charge < -0.3 is 0 Å². The molecule has 0 saturated carbocycles. The van der Waals surface area contributed by atoms with Gasteiger partial charge in [0.05, 0.1) is 0 Å². The highest BCUT2D eigenvalue weighted by Gasteiger charge is 2.15. The summed E-state index contributed by atoms with van der Waals surface area (Å²) in [6.07, 6.45) is 7.81. The predicted molar refractivity (Wildman–Crippen MR) is 61.4 cm³/mol. The third-order valence-corrected chi connectivity index (χ3v) is 2.23. The van der Waals surface area contributed by atoms with Gasteiger partial charge in [-0.2, -0.15) is 0 Å². The maximum Gasteiger partial charge on any atom is 0.304 e. The van der Waals surface area contributed by atoms with E-state index in [4.69, 9.17) is 0 Å². The molecule has 0 bridgehead atoms. The van der Waals surface area contributed by atoms with Gasteiger partial charge in [0.15, 0.2) is 0 Å². The Morgan fingerprint density at radius 1 is 1.24 bits per heavy atom. The molecule has 0 atom stereocenters. The molecule has 0 aliphatic carbocycles. The lowest BCUT2D eigenvalue weighted by molar-refractivity contribution is -0.905. The van der Waals surface area contributed by atoms with Crippen molar-refractivity contribution in [2.75, 3.05) is 0 Å². The Bertz CT molecular complexity index is 550. The lowest BCUT2D eigenvalue weighted by Gasteiger charge is -1.92. The third kappa shape index (κ3) is 2.75. The van der Waals surface area contributed by atoms with Gasteiger partial charge in [-0.25, -0.2) is 0 Å². The molecule has 0 spiro atoms. The average Bonchev–Trinajstić information content (AvgIpc) is 2.38. The highest BCUT2D eigenvalue weighted by atomic mass is 16.5. The van der Waals surface area contributed by atoms with Gasteiger partial charge >= 0.3 is 5.69 Å². The molecule has 0 aliphatic rings. The highest BCUT2D eigenvalue weighted by Crippen LogP contribution is 2.01. The lowest BCUT2D eigenvalue weighted by atomic mass is 10.2. The SMILES string of the molecule is O=C(C=Cc1ccncc1)c1cccc[n+]1O. The molecule has 17 heavy (non-hydrogen) atoms. The Morgan fingerprint density at radius 2 is 2.00 bits per heavy atom. The molecule has 1 N–H and O–H groups in total. The number of rotatable bonds is 3. The molecule has 4 heteroatoms. The van der Waals surface area contributed by atoms with Crippen molar-refractivity contribution < 1.29 is 14.7 Å². The van der Waals surface area contributed by atoms with E-state index < -0.39 is 0 Å². The van der Waals surface area contributed by atoms with E-state index in [0.717, 1.165) is 10.3 Å². The van der Waals surface area contributed by atoms with Crippen LogP contribution >= 0.6 is 0 Å². The second-order valence-corrected chi connectivity index (χ2v) is 3.41. The zero-order valence-electron chi connectivity index (χ0n) is 9.02. The van der Waals surface area contributed by atoms with Gasteiger partial charge in [-0.05, 0) is 29.8 Å². The first-order valence-corrected chi connectivity index (χ1v) is 5.10. The molecule has 0 aliphatic heterocycles. The van der Waals surface area contributed by atoms with Crippen molar-refractivity contribution >= 4 is 11.9 Å². The summed E-state index contributed by atoms with van der Waals surface area (Å²) in [6, 6.07) is 8.48. The fourth-order valence-electron chi connectivity index (χ4n) is 1.36. The number of hydrogen-bond donors (Lipinski definition) is 1. The summed E-state index contributed by atoms with van der Waals surface area (Å²) in [5.41, 5.74) is 1.10. The van der Waals surface area contributed by atoms with Crippen molar-refractivity contribution in [2.45, 2.75) is 0 Å². The largest absolute Gasteiger partial charge is 0.304 e. The summed E-state index contributed by atoms with van der Waals surface area (Å²) in [4.78, 5) is 15.6. The van der Waals surface area contributed by atoms with Gasteiger partial charge in [0, 0.05) is 29.3 Å². The van der Waals surface area contributed by atoms with Gasteiger partial charge in [0.2, 0.25) is 6.20 Å². The van der Waals surface area contributed by atoms with Crippen molar-refractivity contribution in [2.24, 2.45) is 0 Å². The molecule has 0 amide bonds. The minimum absolute atomic E-state index is 0.220. The van der Waals surface area contributed by atoms with Crippen LogP contribution in [0.15, 0.2) is 55.0 Å². The number of carbonyl (C=O) groups excluding carboxylic acids is 1. The minimum Gasteiger partial charge on any atom is -0.284 e. The highest BCUT2D eigenvalue weighted by molar-refractivity contribution is 6.04. The van der Waals surface area contributed by atoms with Crippen LogP contribution in [0.1, 0.15) is 16.1 Å². The van der Waals surface area contributed by atoms with Crippen LogP contribution in [0.2, 0.25) is 0 Å². The molecule has 0 aromatic carbocycles. The zero-order chi connectivity index (χ0) is 12.1. The van der Waals surface area contributed by atoms with Gasteiger partial charge in [0.1, 0.15) is 0 Å². The predicted octanol–water partition coefficient (Wildman–Crippen LogP) is 1.50. The summed E-state index contributed by atoms with van der Waals surface area (Å²) >= 11 is 0. The molecular weight excluding hydrogens is 216 g/mol. The second kappa shape index (κ2) is 5.03. The summed E-state index contributed by atoms with van der Waals surface area (Å²) in [6.45, 7) is 0. The van der Waals surface area contributed by atoms with Crippen LogP contribution in [0.25, 0.3) is 6.08 Å². The van der Waals surface area contributed by atoms with Crippen molar-refractivity contribution in [3.8, 4) is 0 Å². The van der Waals surface area contributed by atoms with Crippen LogP contribution in [0.3, 0.4) is 0 Å². The summed E-state index contributed by atoms with van der Waals surface area (Å²) in [7, 11) is 0. The molecule has 2 heterocycles. The zero-order valence-corrected chi connectivity index (χ0v) is 9.02. The van der Waals surface area contributed by atoms with Gasteiger partial charge in [-0.3, -0.25) is 15.0 Å². The van der Waals surface area contributed by atoms with E-state index in [-0.39, 0.29) is 11.5 Å². The first kappa shape index (κ1) is 11.0. The van der Waals surface area contributed by atoms with Gasteiger partial charge in [-0.1, -0.05) is 6.08 Å². The molecule has 2 aromatic heterocycles. The first-order valence-electron chi connectivity index (χ1n) is 5.10. The minimum atomic E-state index is -0.259. The Hall–Kier alpha value is -2.49. The maximum absolute atomic E-state index is 11.8. The number of hydrogen-bond acceptors (Lipinski definition) is 3. The van der Waals surface area contributed by atoms with Crippen molar-refractivity contribution in [3.63, 3.8) is 0 Å². The Labute approximate surface area is 98.5 Å². The van der Waals surface area contributed by atoms with Crippen molar-refractivity contribution in [1.82, 2.24) is 4.98 Å². The number of carbonyl (C=O) groups is 1. The Morgan fingerprint density at radius 3 is 2.71 bits per heavy atom.